The van der Waals surface area contributed by atoms with E-state index in [2.05, 4.69) is 38.3 Å². The van der Waals surface area contributed by atoms with Crippen LogP contribution < -0.4 is 0 Å². The smallest absolute Gasteiger partial charge is 0.191 e. The summed E-state index contributed by atoms with van der Waals surface area (Å²) in [7, 11) is -2.94. The van der Waals surface area contributed by atoms with E-state index in [1.165, 1.54) is 0 Å². The normalized spacial score (nSPS) is 14.5. The molecule has 0 aliphatic heterocycles. The number of hydrogen-bond donors (Lipinski definition) is 0. The van der Waals surface area contributed by atoms with Crippen molar-refractivity contribution >= 4 is 25.5 Å². The van der Waals surface area contributed by atoms with Crippen LogP contribution in [-0.2, 0) is 15.4 Å². The SMILES string of the molecule is Cc1ccc(S(=O)/N=C/CCCO[Si](C)(C)C(C)(C)C)cc1. The minimum absolute atomic E-state index is 0.244. The van der Waals surface area contributed by atoms with Crippen LogP contribution >= 0.6 is 0 Å². The highest BCUT2D eigenvalue weighted by Crippen LogP contribution is 2.36. The van der Waals surface area contributed by atoms with Gasteiger partial charge in [0.05, 0.1) is 4.90 Å². The van der Waals surface area contributed by atoms with E-state index in [9.17, 15) is 4.21 Å². The van der Waals surface area contributed by atoms with Crippen LogP contribution in [0.4, 0.5) is 0 Å². The Morgan fingerprint density at radius 1 is 1.23 bits per heavy atom. The Hall–Kier alpha value is -0.783. The molecule has 0 saturated heterocycles. The van der Waals surface area contributed by atoms with Gasteiger partial charge in [-0.05, 0) is 50.0 Å². The molecule has 0 aromatic heterocycles. The highest BCUT2D eigenvalue weighted by Gasteiger charge is 2.36. The number of unbranched alkanes of at least 4 members (excludes halogenated alkanes) is 1. The van der Waals surface area contributed by atoms with E-state index in [0.29, 0.717) is 0 Å². The first-order valence-corrected chi connectivity index (χ1v) is 11.8. The van der Waals surface area contributed by atoms with Gasteiger partial charge in [0.2, 0.25) is 0 Å². The summed E-state index contributed by atoms with van der Waals surface area (Å²) in [5.74, 6) is 0. The third-order valence-electron chi connectivity index (χ3n) is 4.14. The molecule has 0 spiro atoms. The molecule has 0 aliphatic carbocycles. The number of nitrogens with zero attached hydrogens (tertiary/aromatic N) is 1. The van der Waals surface area contributed by atoms with Crippen LogP contribution in [-0.4, -0.2) is 25.3 Å². The molecule has 5 heteroatoms. The standard InChI is InChI=1S/C17H29NO2SSi/c1-15-9-11-16(12-10-15)21(19)18-13-7-8-14-20-22(5,6)17(2,3)4/h9-13H,7-8,14H2,1-6H3/b18-13+. The predicted octanol–water partition coefficient (Wildman–Crippen LogP) is 4.89. The molecule has 22 heavy (non-hydrogen) atoms. The van der Waals surface area contributed by atoms with Gasteiger partial charge in [0, 0.05) is 12.8 Å². The summed E-state index contributed by atoms with van der Waals surface area (Å²) in [4.78, 5) is 0.749. The summed E-state index contributed by atoms with van der Waals surface area (Å²) in [5, 5.41) is 0.244. The number of hydrogen-bond acceptors (Lipinski definition) is 2. The molecule has 0 aliphatic rings. The Kier molecular flexibility index (Phi) is 7.16. The molecule has 0 N–H and O–H groups in total. The largest absolute Gasteiger partial charge is 0.417 e. The molecule has 0 heterocycles. The maximum Gasteiger partial charge on any atom is 0.191 e. The van der Waals surface area contributed by atoms with E-state index in [1.807, 2.05) is 31.2 Å². The van der Waals surface area contributed by atoms with E-state index in [0.717, 1.165) is 29.9 Å². The molecule has 1 unspecified atom stereocenters. The minimum atomic E-state index is -1.65. The monoisotopic (exact) mass is 339 g/mol. The summed E-state index contributed by atoms with van der Waals surface area (Å²) >= 11 is 0. The highest BCUT2D eigenvalue weighted by atomic mass is 32.2. The Bertz CT molecular complexity index is 518. The zero-order chi connectivity index (χ0) is 16.8. The van der Waals surface area contributed by atoms with Gasteiger partial charge in [-0.15, -0.1) is 0 Å². The average molecular weight is 340 g/mol. The summed E-state index contributed by atoms with van der Waals surface area (Å²) < 4.78 is 22.2. The van der Waals surface area contributed by atoms with Crippen LogP contribution in [0.3, 0.4) is 0 Å². The van der Waals surface area contributed by atoms with Crippen molar-refractivity contribution in [3.63, 3.8) is 0 Å². The fourth-order valence-corrected chi connectivity index (χ4v) is 3.37. The first kappa shape index (κ1) is 19.3. The number of aryl methyl sites for hydroxylation is 1. The second kappa shape index (κ2) is 8.18. The lowest BCUT2D eigenvalue weighted by atomic mass is 10.2. The average Bonchev–Trinajstić information content (AvgIpc) is 2.41. The zero-order valence-electron chi connectivity index (χ0n) is 14.7. The number of benzene rings is 1. The molecule has 0 bridgehead atoms. The first-order chi connectivity index (χ1) is 10.1. The minimum Gasteiger partial charge on any atom is -0.417 e. The van der Waals surface area contributed by atoms with Crippen molar-refractivity contribution in [3.05, 3.63) is 29.8 Å². The summed E-state index contributed by atoms with van der Waals surface area (Å²) in [6, 6.07) is 7.64. The topological polar surface area (TPSA) is 38.7 Å². The summed E-state index contributed by atoms with van der Waals surface area (Å²) in [5.41, 5.74) is 1.16. The second-order valence-electron chi connectivity index (χ2n) is 7.10. The van der Waals surface area contributed by atoms with Crippen molar-refractivity contribution in [1.82, 2.24) is 0 Å². The fraction of sp³-hybridized carbons (Fsp3) is 0.588. The Labute approximate surface area is 138 Å². The van der Waals surface area contributed by atoms with Crippen molar-refractivity contribution in [2.45, 2.75) is 63.6 Å². The molecule has 1 aromatic rings. The van der Waals surface area contributed by atoms with E-state index in [-0.39, 0.29) is 5.04 Å². The fourth-order valence-electron chi connectivity index (χ4n) is 1.55. The molecule has 0 fully saturated rings. The molecular formula is C17H29NO2SSi. The van der Waals surface area contributed by atoms with Gasteiger partial charge in [-0.1, -0.05) is 38.5 Å². The summed E-state index contributed by atoms with van der Waals surface area (Å²) in [6.45, 7) is 14.0. The van der Waals surface area contributed by atoms with Gasteiger partial charge in [-0.3, -0.25) is 0 Å². The summed E-state index contributed by atoms with van der Waals surface area (Å²) in [6.07, 6.45) is 3.47. The first-order valence-electron chi connectivity index (χ1n) is 7.78. The van der Waals surface area contributed by atoms with Crippen molar-refractivity contribution in [2.75, 3.05) is 6.61 Å². The lowest BCUT2D eigenvalue weighted by Crippen LogP contribution is -2.40. The van der Waals surface area contributed by atoms with Gasteiger partial charge in [-0.25, -0.2) is 4.21 Å². The maximum absolute atomic E-state index is 12.0. The van der Waals surface area contributed by atoms with Crippen LogP contribution in [0.5, 0.6) is 0 Å². The van der Waals surface area contributed by atoms with Crippen molar-refractivity contribution in [1.29, 1.82) is 0 Å². The van der Waals surface area contributed by atoms with Crippen molar-refractivity contribution in [3.8, 4) is 0 Å². The third-order valence-corrected chi connectivity index (χ3v) is 9.69. The van der Waals surface area contributed by atoms with E-state index < -0.39 is 19.3 Å². The van der Waals surface area contributed by atoms with Gasteiger partial charge in [0.25, 0.3) is 0 Å². The van der Waals surface area contributed by atoms with Gasteiger partial charge < -0.3 is 4.43 Å². The van der Waals surface area contributed by atoms with Crippen molar-refractivity contribution < 1.29 is 8.63 Å². The molecule has 1 aromatic carbocycles. The Balaban J connectivity index is 2.33. The van der Waals surface area contributed by atoms with Crippen LogP contribution in [0.15, 0.2) is 33.6 Å². The number of rotatable bonds is 7. The Morgan fingerprint density at radius 2 is 1.82 bits per heavy atom. The second-order valence-corrected chi connectivity index (χ2v) is 13.1. The van der Waals surface area contributed by atoms with Crippen LogP contribution in [0.1, 0.15) is 39.2 Å². The lowest BCUT2D eigenvalue weighted by molar-refractivity contribution is 0.285. The van der Waals surface area contributed by atoms with Gasteiger partial charge >= 0.3 is 0 Å². The van der Waals surface area contributed by atoms with Gasteiger partial charge in [0.15, 0.2) is 19.3 Å². The zero-order valence-corrected chi connectivity index (χ0v) is 16.5. The molecule has 0 radical (unpaired) electrons. The molecular weight excluding hydrogens is 310 g/mol. The lowest BCUT2D eigenvalue weighted by Gasteiger charge is -2.36. The van der Waals surface area contributed by atoms with Crippen LogP contribution in [0.25, 0.3) is 0 Å². The quantitative estimate of drug-likeness (QED) is 0.403. The maximum atomic E-state index is 12.0. The molecule has 0 amide bonds. The van der Waals surface area contributed by atoms with Crippen LogP contribution in [0, 0.1) is 6.92 Å². The third kappa shape index (κ3) is 6.14. The van der Waals surface area contributed by atoms with E-state index >= 15 is 0 Å². The van der Waals surface area contributed by atoms with Crippen LogP contribution in [0.2, 0.25) is 18.1 Å². The molecule has 0 saturated carbocycles. The van der Waals surface area contributed by atoms with E-state index in [4.69, 9.17) is 4.43 Å². The molecule has 3 nitrogen and oxygen atoms in total. The molecule has 1 atom stereocenters. The predicted molar refractivity (Wildman–Crippen MR) is 98.5 cm³/mol. The molecule has 1 rings (SSSR count). The van der Waals surface area contributed by atoms with Gasteiger partial charge in [-0.2, -0.15) is 4.40 Å². The molecule has 124 valence electrons. The highest BCUT2D eigenvalue weighted by molar-refractivity contribution is 7.83. The van der Waals surface area contributed by atoms with Gasteiger partial charge in [0.1, 0.15) is 0 Å². The van der Waals surface area contributed by atoms with E-state index in [1.54, 1.807) is 6.21 Å². The van der Waals surface area contributed by atoms with Crippen molar-refractivity contribution in [2.24, 2.45) is 4.40 Å². The Morgan fingerprint density at radius 3 is 2.36 bits per heavy atom.